The summed E-state index contributed by atoms with van der Waals surface area (Å²) < 4.78 is 5.07. The van der Waals surface area contributed by atoms with Crippen LogP contribution in [-0.4, -0.2) is 50.8 Å². The van der Waals surface area contributed by atoms with Crippen LogP contribution in [0.25, 0.3) is 0 Å². The molecule has 4 heteroatoms. The Morgan fingerprint density at radius 3 is 2.60 bits per heavy atom. The molecule has 2 rings (SSSR count). The smallest absolute Gasteiger partial charge is 0.0587 e. The molecule has 0 amide bonds. The van der Waals surface area contributed by atoms with Crippen molar-refractivity contribution in [1.29, 1.82) is 0 Å². The van der Waals surface area contributed by atoms with E-state index in [4.69, 9.17) is 16.3 Å². The summed E-state index contributed by atoms with van der Waals surface area (Å²) in [6.45, 7) is 5.30. The third-order valence-corrected chi connectivity index (χ3v) is 4.21. The third kappa shape index (κ3) is 5.41. The van der Waals surface area contributed by atoms with Gasteiger partial charge in [0, 0.05) is 31.3 Å². The molecule has 0 saturated carbocycles. The molecule has 1 aliphatic rings. The summed E-state index contributed by atoms with van der Waals surface area (Å²) in [5.41, 5.74) is 1.37. The highest BCUT2D eigenvalue weighted by atomic mass is 35.5. The summed E-state index contributed by atoms with van der Waals surface area (Å²) in [7, 11) is 1.75. The van der Waals surface area contributed by atoms with E-state index in [0.29, 0.717) is 6.04 Å². The van der Waals surface area contributed by atoms with Gasteiger partial charge in [0.05, 0.1) is 6.61 Å². The number of nitrogens with zero attached hydrogens (tertiary/aromatic N) is 1. The second-order valence-electron chi connectivity index (χ2n) is 5.44. The Morgan fingerprint density at radius 2 is 1.95 bits per heavy atom. The number of piperidine rings is 1. The van der Waals surface area contributed by atoms with Crippen LogP contribution >= 0.6 is 11.6 Å². The SMILES string of the molecule is COCCNC1CCN(CCc2ccc(Cl)cc2)CC1. The number of hydrogen-bond donors (Lipinski definition) is 1. The fraction of sp³-hybridized carbons (Fsp3) is 0.625. The van der Waals surface area contributed by atoms with Crippen LogP contribution in [0.1, 0.15) is 18.4 Å². The standard InChI is InChI=1S/C16H25ClN2O/c1-20-13-9-18-16-7-11-19(12-8-16)10-6-14-2-4-15(17)5-3-14/h2-5,16,18H,6-13H2,1H3. The number of rotatable bonds is 7. The van der Waals surface area contributed by atoms with E-state index in [9.17, 15) is 0 Å². The number of benzene rings is 1. The molecule has 0 bridgehead atoms. The Labute approximate surface area is 127 Å². The van der Waals surface area contributed by atoms with E-state index in [2.05, 4.69) is 22.3 Å². The molecular formula is C16H25ClN2O. The van der Waals surface area contributed by atoms with Crippen LogP contribution < -0.4 is 5.32 Å². The van der Waals surface area contributed by atoms with Gasteiger partial charge in [0.25, 0.3) is 0 Å². The molecule has 112 valence electrons. The van der Waals surface area contributed by atoms with Crippen molar-refractivity contribution >= 4 is 11.6 Å². The van der Waals surface area contributed by atoms with E-state index in [1.807, 2.05) is 12.1 Å². The number of ether oxygens (including phenoxy) is 1. The van der Waals surface area contributed by atoms with E-state index in [1.54, 1.807) is 7.11 Å². The van der Waals surface area contributed by atoms with E-state index >= 15 is 0 Å². The van der Waals surface area contributed by atoms with Crippen molar-refractivity contribution in [3.05, 3.63) is 34.9 Å². The van der Waals surface area contributed by atoms with Crippen molar-refractivity contribution in [3.63, 3.8) is 0 Å². The fourth-order valence-corrected chi connectivity index (χ4v) is 2.79. The number of hydrogen-bond acceptors (Lipinski definition) is 3. The maximum Gasteiger partial charge on any atom is 0.0587 e. The predicted octanol–water partition coefficient (Wildman–Crippen LogP) is 2.58. The molecule has 1 aromatic carbocycles. The Kier molecular flexibility index (Phi) is 6.80. The maximum absolute atomic E-state index is 5.90. The topological polar surface area (TPSA) is 24.5 Å². The van der Waals surface area contributed by atoms with Gasteiger partial charge in [0.1, 0.15) is 0 Å². The van der Waals surface area contributed by atoms with E-state index < -0.39 is 0 Å². The highest BCUT2D eigenvalue weighted by Gasteiger charge is 2.18. The lowest BCUT2D eigenvalue weighted by Crippen LogP contribution is -2.43. The highest BCUT2D eigenvalue weighted by molar-refractivity contribution is 6.30. The van der Waals surface area contributed by atoms with Gasteiger partial charge in [-0.2, -0.15) is 0 Å². The van der Waals surface area contributed by atoms with Crippen LogP contribution in [0, 0.1) is 0 Å². The van der Waals surface area contributed by atoms with E-state index in [-0.39, 0.29) is 0 Å². The molecule has 1 fully saturated rings. The molecule has 3 nitrogen and oxygen atoms in total. The van der Waals surface area contributed by atoms with Crippen molar-refractivity contribution in [2.75, 3.05) is 39.9 Å². The van der Waals surface area contributed by atoms with Gasteiger partial charge < -0.3 is 15.0 Å². The van der Waals surface area contributed by atoms with Crippen LogP contribution in [0.4, 0.5) is 0 Å². The van der Waals surface area contributed by atoms with Gasteiger partial charge in [-0.1, -0.05) is 23.7 Å². The quantitative estimate of drug-likeness (QED) is 0.783. The summed E-state index contributed by atoms with van der Waals surface area (Å²) in [5, 5.41) is 4.37. The van der Waals surface area contributed by atoms with Crippen LogP contribution in [-0.2, 0) is 11.2 Å². The number of nitrogens with one attached hydrogen (secondary N) is 1. The maximum atomic E-state index is 5.90. The van der Waals surface area contributed by atoms with Crippen molar-refractivity contribution in [2.45, 2.75) is 25.3 Å². The van der Waals surface area contributed by atoms with Gasteiger partial charge in [0.2, 0.25) is 0 Å². The zero-order chi connectivity index (χ0) is 14.2. The molecule has 1 saturated heterocycles. The van der Waals surface area contributed by atoms with Crippen LogP contribution in [0.5, 0.6) is 0 Å². The van der Waals surface area contributed by atoms with Crippen molar-refractivity contribution < 1.29 is 4.74 Å². The predicted molar refractivity (Wildman–Crippen MR) is 84.5 cm³/mol. The largest absolute Gasteiger partial charge is 0.383 e. The molecular weight excluding hydrogens is 272 g/mol. The lowest BCUT2D eigenvalue weighted by Gasteiger charge is -2.32. The fourth-order valence-electron chi connectivity index (χ4n) is 2.66. The van der Waals surface area contributed by atoms with Crippen LogP contribution in [0.3, 0.4) is 0 Å². The molecule has 0 radical (unpaired) electrons. The first kappa shape index (κ1) is 15.8. The Balaban J connectivity index is 1.63. The van der Waals surface area contributed by atoms with Gasteiger partial charge in [-0.3, -0.25) is 0 Å². The van der Waals surface area contributed by atoms with Gasteiger partial charge >= 0.3 is 0 Å². The number of likely N-dealkylation sites (tertiary alicyclic amines) is 1. The summed E-state index contributed by atoms with van der Waals surface area (Å²) >= 11 is 5.90. The molecule has 20 heavy (non-hydrogen) atoms. The molecule has 0 aliphatic carbocycles. The summed E-state index contributed by atoms with van der Waals surface area (Å²) in [4.78, 5) is 2.56. The minimum Gasteiger partial charge on any atom is -0.383 e. The van der Waals surface area contributed by atoms with Gasteiger partial charge in [-0.15, -0.1) is 0 Å². The van der Waals surface area contributed by atoms with Crippen LogP contribution in [0.2, 0.25) is 5.02 Å². The molecule has 1 aliphatic heterocycles. The van der Waals surface area contributed by atoms with Crippen molar-refractivity contribution in [2.24, 2.45) is 0 Å². The first-order chi connectivity index (χ1) is 9.78. The molecule has 1 N–H and O–H groups in total. The van der Waals surface area contributed by atoms with Gasteiger partial charge in [-0.05, 0) is 50.0 Å². The average Bonchev–Trinajstić information content (AvgIpc) is 2.48. The molecule has 0 unspecified atom stereocenters. The molecule has 1 aromatic rings. The minimum atomic E-state index is 0.664. The lowest BCUT2D eigenvalue weighted by atomic mass is 10.0. The molecule has 0 spiro atoms. The molecule has 0 aromatic heterocycles. The second kappa shape index (κ2) is 8.63. The first-order valence-corrected chi connectivity index (χ1v) is 7.85. The minimum absolute atomic E-state index is 0.664. The summed E-state index contributed by atoms with van der Waals surface area (Å²) in [6.07, 6.45) is 3.59. The van der Waals surface area contributed by atoms with Gasteiger partial charge in [-0.25, -0.2) is 0 Å². The van der Waals surface area contributed by atoms with Crippen molar-refractivity contribution in [1.82, 2.24) is 10.2 Å². The number of methoxy groups -OCH3 is 1. The Bertz CT molecular complexity index is 375. The van der Waals surface area contributed by atoms with Crippen LogP contribution in [0.15, 0.2) is 24.3 Å². The molecule has 1 heterocycles. The summed E-state index contributed by atoms with van der Waals surface area (Å²) in [5.74, 6) is 0. The zero-order valence-corrected chi connectivity index (χ0v) is 13.0. The normalized spacial score (nSPS) is 17.5. The zero-order valence-electron chi connectivity index (χ0n) is 12.3. The first-order valence-electron chi connectivity index (χ1n) is 7.47. The van der Waals surface area contributed by atoms with E-state index in [1.165, 1.54) is 31.5 Å². The molecule has 0 atom stereocenters. The Morgan fingerprint density at radius 1 is 1.25 bits per heavy atom. The van der Waals surface area contributed by atoms with Gasteiger partial charge in [0.15, 0.2) is 0 Å². The summed E-state index contributed by atoms with van der Waals surface area (Å²) in [6, 6.07) is 8.87. The van der Waals surface area contributed by atoms with E-state index in [0.717, 1.165) is 31.1 Å². The second-order valence-corrected chi connectivity index (χ2v) is 5.88. The third-order valence-electron chi connectivity index (χ3n) is 3.96. The highest BCUT2D eigenvalue weighted by Crippen LogP contribution is 2.13. The average molecular weight is 297 g/mol. The monoisotopic (exact) mass is 296 g/mol. The lowest BCUT2D eigenvalue weighted by molar-refractivity contribution is 0.173. The Hall–Kier alpha value is -0.610. The number of halogens is 1. The van der Waals surface area contributed by atoms with Crippen molar-refractivity contribution in [3.8, 4) is 0 Å².